The van der Waals surface area contributed by atoms with E-state index in [1.165, 1.54) is 0 Å². The molecule has 0 spiro atoms. The highest BCUT2D eigenvalue weighted by Crippen LogP contribution is 2.23. The van der Waals surface area contributed by atoms with Crippen molar-refractivity contribution in [1.82, 2.24) is 0 Å². The van der Waals surface area contributed by atoms with Crippen LogP contribution in [0.25, 0.3) is 11.3 Å². The molecule has 0 fully saturated rings. The molecule has 0 radical (unpaired) electrons. The fourth-order valence-electron chi connectivity index (χ4n) is 2.81. The molecule has 6 heteroatoms. The number of benzene rings is 1. The second-order valence-corrected chi connectivity index (χ2v) is 6.94. The Morgan fingerprint density at radius 3 is 2.60 bits per heavy atom. The normalized spacial score (nSPS) is 12.0. The minimum atomic E-state index is -0.816. The number of carboxylic acids is 1. The van der Waals surface area contributed by atoms with Gasteiger partial charge in [0.1, 0.15) is 5.76 Å². The van der Waals surface area contributed by atoms with Crippen LogP contribution in [-0.4, -0.2) is 30.0 Å². The summed E-state index contributed by atoms with van der Waals surface area (Å²) >= 11 is 0. The number of ether oxygens (including phenoxy) is 1. The molecule has 0 saturated heterocycles. The van der Waals surface area contributed by atoms with Crippen molar-refractivity contribution in [3.05, 3.63) is 83.8 Å². The summed E-state index contributed by atoms with van der Waals surface area (Å²) in [4.78, 5) is 10.5. The van der Waals surface area contributed by atoms with E-state index in [0.717, 1.165) is 22.5 Å². The van der Waals surface area contributed by atoms with Gasteiger partial charge in [-0.2, -0.15) is 0 Å². The Balaban J connectivity index is 1.89. The average molecular weight is 408 g/mol. The van der Waals surface area contributed by atoms with Gasteiger partial charge in [-0.25, -0.2) is 0 Å². The van der Waals surface area contributed by atoms with E-state index in [-0.39, 0.29) is 6.42 Å². The fourth-order valence-corrected chi connectivity index (χ4v) is 2.81. The van der Waals surface area contributed by atoms with Crippen molar-refractivity contribution in [3.63, 3.8) is 0 Å². The first kappa shape index (κ1) is 22.9. The zero-order chi connectivity index (χ0) is 21.9. The fraction of sp³-hybridized carbons (Fsp3) is 0.250. The van der Waals surface area contributed by atoms with Gasteiger partial charge in [0.2, 0.25) is 0 Å². The Labute approximate surface area is 176 Å². The largest absolute Gasteiger partial charge is 0.481 e. The van der Waals surface area contributed by atoms with Gasteiger partial charge in [-0.3, -0.25) is 10.2 Å². The molecule has 2 aromatic rings. The van der Waals surface area contributed by atoms with Gasteiger partial charge in [-0.05, 0) is 43.0 Å². The topological polar surface area (TPSA) is 110 Å². The maximum Gasteiger partial charge on any atom is 0.303 e. The van der Waals surface area contributed by atoms with Crippen LogP contribution in [0.3, 0.4) is 0 Å². The van der Waals surface area contributed by atoms with E-state index in [1.54, 1.807) is 25.3 Å². The summed E-state index contributed by atoms with van der Waals surface area (Å²) in [5.41, 5.74) is 10.2. The van der Waals surface area contributed by atoms with Crippen LogP contribution in [0.1, 0.15) is 31.7 Å². The third-order valence-corrected chi connectivity index (χ3v) is 4.40. The van der Waals surface area contributed by atoms with Crippen molar-refractivity contribution in [3.8, 4) is 11.3 Å². The lowest BCUT2D eigenvalue weighted by atomic mass is 9.95. The number of carboxylic acid groups (broad SMARTS) is 1. The highest BCUT2D eigenvalue weighted by Gasteiger charge is 2.13. The van der Waals surface area contributed by atoms with E-state index in [1.807, 2.05) is 36.4 Å². The first-order chi connectivity index (χ1) is 14.4. The summed E-state index contributed by atoms with van der Waals surface area (Å²) in [5.74, 6) is -0.0372. The Morgan fingerprint density at radius 1 is 1.27 bits per heavy atom. The van der Waals surface area contributed by atoms with Gasteiger partial charge < -0.3 is 20.0 Å². The smallest absolute Gasteiger partial charge is 0.303 e. The molecule has 0 unspecified atom stereocenters. The van der Waals surface area contributed by atoms with E-state index >= 15 is 0 Å². The summed E-state index contributed by atoms with van der Waals surface area (Å²) in [7, 11) is 0. The van der Waals surface area contributed by atoms with Gasteiger partial charge in [0.15, 0.2) is 0 Å². The average Bonchev–Trinajstić information content (AvgIpc) is 3.25. The maximum absolute atomic E-state index is 10.5. The SMILES string of the molecule is C=C(COC/C=C/CCC(=O)O)CC(C(=N)c1ccc(-c2ccco2)cc1)=C(C)N. The van der Waals surface area contributed by atoms with Crippen LogP contribution in [0.2, 0.25) is 0 Å². The van der Waals surface area contributed by atoms with Crippen molar-refractivity contribution in [1.29, 1.82) is 5.41 Å². The highest BCUT2D eigenvalue weighted by molar-refractivity contribution is 6.11. The Bertz CT molecular complexity index is 919. The Hall–Kier alpha value is -3.38. The predicted molar refractivity (Wildman–Crippen MR) is 118 cm³/mol. The highest BCUT2D eigenvalue weighted by atomic mass is 16.5. The van der Waals surface area contributed by atoms with Crippen molar-refractivity contribution < 1.29 is 19.1 Å². The maximum atomic E-state index is 10.5. The molecule has 1 heterocycles. The van der Waals surface area contributed by atoms with E-state index in [2.05, 4.69) is 6.58 Å². The van der Waals surface area contributed by atoms with Crippen molar-refractivity contribution in [2.24, 2.45) is 5.73 Å². The number of carbonyl (C=O) groups is 1. The van der Waals surface area contributed by atoms with Gasteiger partial charge >= 0.3 is 5.97 Å². The van der Waals surface area contributed by atoms with Crippen LogP contribution < -0.4 is 5.73 Å². The minimum Gasteiger partial charge on any atom is -0.481 e. The van der Waals surface area contributed by atoms with Crippen molar-refractivity contribution in [2.75, 3.05) is 13.2 Å². The molecule has 1 aromatic heterocycles. The number of aliphatic carboxylic acids is 1. The van der Waals surface area contributed by atoms with Crippen LogP contribution in [0, 0.1) is 5.41 Å². The molecule has 0 atom stereocenters. The minimum absolute atomic E-state index is 0.109. The van der Waals surface area contributed by atoms with Crippen molar-refractivity contribution in [2.45, 2.75) is 26.2 Å². The molecule has 6 nitrogen and oxygen atoms in total. The summed E-state index contributed by atoms with van der Waals surface area (Å²) < 4.78 is 10.9. The Morgan fingerprint density at radius 2 is 2.00 bits per heavy atom. The molecule has 0 aliphatic rings. The summed E-state index contributed by atoms with van der Waals surface area (Å²) in [6.45, 7) is 6.53. The van der Waals surface area contributed by atoms with Crippen LogP contribution in [-0.2, 0) is 9.53 Å². The molecule has 0 aliphatic heterocycles. The van der Waals surface area contributed by atoms with Crippen LogP contribution in [0.4, 0.5) is 0 Å². The van der Waals surface area contributed by atoms with E-state index in [4.69, 9.17) is 25.4 Å². The lowest BCUT2D eigenvalue weighted by Crippen LogP contribution is -2.12. The number of nitrogens with one attached hydrogen (secondary N) is 1. The second kappa shape index (κ2) is 11.6. The third kappa shape index (κ3) is 7.22. The number of furan rings is 1. The summed E-state index contributed by atoms with van der Waals surface area (Å²) in [6.07, 6.45) is 6.25. The second-order valence-electron chi connectivity index (χ2n) is 6.94. The number of hydrogen-bond acceptors (Lipinski definition) is 5. The lowest BCUT2D eigenvalue weighted by molar-refractivity contribution is -0.136. The number of hydrogen-bond donors (Lipinski definition) is 3. The monoisotopic (exact) mass is 408 g/mol. The molecule has 2 rings (SSSR count). The first-order valence-electron chi connectivity index (χ1n) is 9.68. The first-order valence-corrected chi connectivity index (χ1v) is 9.68. The number of nitrogens with two attached hydrogens (primary N) is 1. The lowest BCUT2D eigenvalue weighted by Gasteiger charge is -2.14. The molecule has 1 aromatic carbocycles. The van der Waals surface area contributed by atoms with Crippen LogP contribution >= 0.6 is 0 Å². The molecular weight excluding hydrogens is 380 g/mol. The van der Waals surface area contributed by atoms with Gasteiger partial charge in [0.05, 0.1) is 25.2 Å². The molecule has 0 aliphatic carbocycles. The molecule has 0 saturated carbocycles. The molecule has 0 bridgehead atoms. The van der Waals surface area contributed by atoms with E-state index in [9.17, 15) is 4.79 Å². The third-order valence-electron chi connectivity index (χ3n) is 4.40. The molecule has 4 N–H and O–H groups in total. The summed E-state index contributed by atoms with van der Waals surface area (Å²) in [6, 6.07) is 11.3. The molecule has 30 heavy (non-hydrogen) atoms. The molecular formula is C24H28N2O4. The molecule has 158 valence electrons. The van der Waals surface area contributed by atoms with Gasteiger partial charge in [-0.15, -0.1) is 0 Å². The standard InChI is InChI=1S/C24H28N2O4/c1-17(16-29-13-5-3-4-8-23(27)28)15-21(18(2)25)24(26)20-11-9-19(10-12-20)22-7-6-14-30-22/h3,5-7,9-12,14,26H,1,4,8,13,15-16,25H2,2H3,(H,27,28)/b5-3+,21-18?,26-24?. The number of rotatable bonds is 12. The zero-order valence-electron chi connectivity index (χ0n) is 17.2. The molecule has 0 amide bonds. The van der Waals surface area contributed by atoms with E-state index < -0.39 is 5.97 Å². The van der Waals surface area contributed by atoms with Crippen LogP contribution in [0.15, 0.2) is 82.7 Å². The Kier molecular flexibility index (Phi) is 8.84. The van der Waals surface area contributed by atoms with Crippen molar-refractivity contribution >= 4 is 11.7 Å². The zero-order valence-corrected chi connectivity index (χ0v) is 17.2. The summed E-state index contributed by atoms with van der Waals surface area (Å²) in [5, 5.41) is 17.2. The number of allylic oxidation sites excluding steroid dienone is 3. The van der Waals surface area contributed by atoms with Gasteiger partial charge in [0.25, 0.3) is 0 Å². The van der Waals surface area contributed by atoms with Gasteiger partial charge in [-0.1, -0.05) is 43.0 Å². The predicted octanol–water partition coefficient (Wildman–Crippen LogP) is 4.93. The van der Waals surface area contributed by atoms with Crippen LogP contribution in [0.5, 0.6) is 0 Å². The van der Waals surface area contributed by atoms with E-state index in [0.29, 0.717) is 43.0 Å². The quantitative estimate of drug-likeness (QED) is 0.262. The van der Waals surface area contributed by atoms with Gasteiger partial charge in [0, 0.05) is 23.3 Å².